The summed E-state index contributed by atoms with van der Waals surface area (Å²) < 4.78 is 41.8. The number of aryl methyl sites for hydroxylation is 2. The molecule has 3 aromatic rings. The molecular formula is C20H21BrF3N5O. The minimum Gasteiger partial charge on any atom is -0.352 e. The fourth-order valence-electron chi connectivity index (χ4n) is 3.16. The van der Waals surface area contributed by atoms with Crippen molar-refractivity contribution in [2.45, 2.75) is 46.5 Å². The van der Waals surface area contributed by atoms with Crippen molar-refractivity contribution in [3.8, 4) is 5.69 Å². The standard InChI is InChI=1S/C20H21BrF3N5O/c1-12-16(13(2)29(26-12)15-7-5-4-6-8-15)11-25-17(30)9-10-28-14(3)18(21)19(27-28)20(22,23)24/h4-8H,9-11H2,1-3H3,(H,25,30). The molecule has 0 aliphatic carbocycles. The van der Waals surface area contributed by atoms with Crippen molar-refractivity contribution >= 4 is 21.8 Å². The normalized spacial score (nSPS) is 11.7. The second kappa shape index (κ2) is 8.63. The Hall–Kier alpha value is -2.62. The van der Waals surface area contributed by atoms with E-state index in [0.29, 0.717) is 12.2 Å². The number of benzene rings is 1. The van der Waals surface area contributed by atoms with Crippen LogP contribution in [0.5, 0.6) is 0 Å². The van der Waals surface area contributed by atoms with Gasteiger partial charge in [0, 0.05) is 24.2 Å². The molecule has 10 heteroatoms. The molecule has 6 nitrogen and oxygen atoms in total. The van der Waals surface area contributed by atoms with Crippen LogP contribution in [-0.2, 0) is 24.1 Å². The molecule has 2 heterocycles. The van der Waals surface area contributed by atoms with Gasteiger partial charge in [-0.05, 0) is 48.8 Å². The molecule has 3 rings (SSSR count). The predicted octanol–water partition coefficient (Wildman–Crippen LogP) is 4.48. The van der Waals surface area contributed by atoms with Crippen LogP contribution < -0.4 is 5.32 Å². The highest BCUT2D eigenvalue weighted by molar-refractivity contribution is 9.10. The SMILES string of the molecule is Cc1nn(-c2ccccc2)c(C)c1CNC(=O)CCn1nc(C(F)(F)F)c(Br)c1C. The quantitative estimate of drug-likeness (QED) is 0.561. The molecular weight excluding hydrogens is 463 g/mol. The number of carbonyl (C=O) groups excluding carboxylic acids is 1. The molecule has 1 aromatic carbocycles. The molecule has 1 N–H and O–H groups in total. The molecule has 0 unspecified atom stereocenters. The van der Waals surface area contributed by atoms with Gasteiger partial charge in [-0.2, -0.15) is 23.4 Å². The number of alkyl halides is 3. The number of hydrogen-bond donors (Lipinski definition) is 1. The van der Waals surface area contributed by atoms with Gasteiger partial charge >= 0.3 is 6.18 Å². The van der Waals surface area contributed by atoms with Gasteiger partial charge < -0.3 is 5.32 Å². The number of aromatic nitrogens is 4. The molecule has 0 spiro atoms. The molecule has 0 radical (unpaired) electrons. The van der Waals surface area contributed by atoms with Crippen molar-refractivity contribution in [2.24, 2.45) is 0 Å². The first-order valence-corrected chi connectivity index (χ1v) is 10.1. The van der Waals surface area contributed by atoms with Crippen molar-refractivity contribution in [3.05, 3.63) is 63.1 Å². The molecule has 0 bridgehead atoms. The highest BCUT2D eigenvalue weighted by Crippen LogP contribution is 2.35. The number of nitrogens with one attached hydrogen (secondary N) is 1. The van der Waals surface area contributed by atoms with E-state index in [1.165, 1.54) is 11.6 Å². The topological polar surface area (TPSA) is 64.7 Å². The van der Waals surface area contributed by atoms with Crippen LogP contribution in [0, 0.1) is 20.8 Å². The maximum Gasteiger partial charge on any atom is 0.436 e. The van der Waals surface area contributed by atoms with Gasteiger partial charge in [0.2, 0.25) is 5.91 Å². The summed E-state index contributed by atoms with van der Waals surface area (Å²) in [5.41, 5.74) is 2.89. The number of para-hydroxylation sites is 1. The first-order valence-electron chi connectivity index (χ1n) is 9.27. The second-order valence-electron chi connectivity index (χ2n) is 6.89. The summed E-state index contributed by atoms with van der Waals surface area (Å²) in [5, 5.41) is 10.9. The smallest absolute Gasteiger partial charge is 0.352 e. The molecule has 0 saturated heterocycles. The van der Waals surface area contributed by atoms with Crippen LogP contribution in [0.2, 0.25) is 0 Å². The van der Waals surface area contributed by atoms with Gasteiger partial charge in [-0.15, -0.1) is 0 Å². The molecule has 30 heavy (non-hydrogen) atoms. The van der Waals surface area contributed by atoms with E-state index in [2.05, 4.69) is 31.4 Å². The highest BCUT2D eigenvalue weighted by atomic mass is 79.9. The van der Waals surface area contributed by atoms with Gasteiger partial charge in [0.1, 0.15) is 0 Å². The average molecular weight is 484 g/mol. The van der Waals surface area contributed by atoms with Crippen molar-refractivity contribution in [1.29, 1.82) is 0 Å². The summed E-state index contributed by atoms with van der Waals surface area (Å²) >= 11 is 2.93. The van der Waals surface area contributed by atoms with E-state index >= 15 is 0 Å². The predicted molar refractivity (Wildman–Crippen MR) is 109 cm³/mol. The molecule has 0 fully saturated rings. The Morgan fingerprint density at radius 3 is 2.37 bits per heavy atom. The summed E-state index contributed by atoms with van der Waals surface area (Å²) in [4.78, 5) is 12.3. The molecule has 160 valence electrons. The third kappa shape index (κ3) is 4.58. The van der Waals surface area contributed by atoms with Crippen LogP contribution in [0.15, 0.2) is 34.8 Å². The number of amides is 1. The molecule has 0 saturated carbocycles. The third-order valence-electron chi connectivity index (χ3n) is 4.86. The average Bonchev–Trinajstić information content (AvgIpc) is 3.15. The van der Waals surface area contributed by atoms with Crippen LogP contribution >= 0.6 is 15.9 Å². The zero-order valence-electron chi connectivity index (χ0n) is 16.7. The third-order valence-corrected chi connectivity index (χ3v) is 5.81. The van der Waals surface area contributed by atoms with Crippen LogP contribution in [0.4, 0.5) is 13.2 Å². The van der Waals surface area contributed by atoms with E-state index in [1.807, 2.05) is 48.9 Å². The van der Waals surface area contributed by atoms with Crippen molar-refractivity contribution in [3.63, 3.8) is 0 Å². The number of halogens is 4. The van der Waals surface area contributed by atoms with Gasteiger partial charge in [-0.25, -0.2) is 4.68 Å². The first-order chi connectivity index (χ1) is 14.1. The molecule has 0 aliphatic rings. The molecule has 1 amide bonds. The Morgan fingerprint density at radius 2 is 1.77 bits per heavy atom. The second-order valence-corrected chi connectivity index (χ2v) is 7.69. The Balaban J connectivity index is 1.63. The lowest BCUT2D eigenvalue weighted by atomic mass is 10.2. The van der Waals surface area contributed by atoms with Crippen LogP contribution in [0.3, 0.4) is 0 Å². The van der Waals surface area contributed by atoms with Crippen molar-refractivity contribution < 1.29 is 18.0 Å². The van der Waals surface area contributed by atoms with Crippen molar-refractivity contribution in [1.82, 2.24) is 24.9 Å². The minimum absolute atomic E-state index is 0.0111. The zero-order chi connectivity index (χ0) is 22.1. The van der Waals surface area contributed by atoms with Gasteiger partial charge in [0.05, 0.1) is 28.1 Å². The fourth-order valence-corrected chi connectivity index (χ4v) is 3.67. The highest BCUT2D eigenvalue weighted by Gasteiger charge is 2.37. The lowest BCUT2D eigenvalue weighted by molar-refractivity contribution is -0.142. The Bertz CT molecular complexity index is 1060. The van der Waals surface area contributed by atoms with E-state index in [4.69, 9.17) is 0 Å². The fraction of sp³-hybridized carbons (Fsp3) is 0.350. The number of nitrogens with zero attached hydrogens (tertiary/aromatic N) is 4. The van der Waals surface area contributed by atoms with Gasteiger partial charge in [0.25, 0.3) is 0 Å². The monoisotopic (exact) mass is 483 g/mol. The lowest BCUT2D eigenvalue weighted by Gasteiger charge is -2.08. The van der Waals surface area contributed by atoms with Crippen molar-refractivity contribution in [2.75, 3.05) is 0 Å². The maximum absolute atomic E-state index is 13.0. The Labute approximate surface area is 180 Å². The number of rotatable bonds is 6. The minimum atomic E-state index is -4.55. The van der Waals surface area contributed by atoms with Crippen LogP contribution in [0.25, 0.3) is 5.69 Å². The van der Waals surface area contributed by atoms with Gasteiger partial charge in [-0.1, -0.05) is 18.2 Å². The van der Waals surface area contributed by atoms with E-state index in [0.717, 1.165) is 22.6 Å². The van der Waals surface area contributed by atoms with E-state index in [-0.39, 0.29) is 23.3 Å². The first kappa shape index (κ1) is 22.1. The summed E-state index contributed by atoms with van der Waals surface area (Å²) in [6, 6.07) is 9.66. The van der Waals surface area contributed by atoms with E-state index < -0.39 is 11.9 Å². The van der Waals surface area contributed by atoms with Gasteiger partial charge in [-0.3, -0.25) is 9.48 Å². The number of carbonyl (C=O) groups is 1. The van der Waals surface area contributed by atoms with E-state index in [1.54, 1.807) is 0 Å². The van der Waals surface area contributed by atoms with E-state index in [9.17, 15) is 18.0 Å². The number of hydrogen-bond acceptors (Lipinski definition) is 3. The van der Waals surface area contributed by atoms with Gasteiger partial charge in [0.15, 0.2) is 5.69 Å². The Kier molecular flexibility index (Phi) is 6.35. The molecule has 2 aromatic heterocycles. The molecule has 0 aliphatic heterocycles. The summed E-state index contributed by atoms with van der Waals surface area (Å²) in [7, 11) is 0. The summed E-state index contributed by atoms with van der Waals surface area (Å²) in [6.07, 6.45) is -4.54. The maximum atomic E-state index is 13.0. The lowest BCUT2D eigenvalue weighted by Crippen LogP contribution is -2.25. The largest absolute Gasteiger partial charge is 0.436 e. The molecule has 0 atom stereocenters. The summed E-state index contributed by atoms with van der Waals surface area (Å²) in [6.45, 7) is 5.66. The zero-order valence-corrected chi connectivity index (χ0v) is 18.3. The van der Waals surface area contributed by atoms with Crippen LogP contribution in [-0.4, -0.2) is 25.5 Å². The Morgan fingerprint density at radius 1 is 1.10 bits per heavy atom. The summed E-state index contributed by atoms with van der Waals surface area (Å²) in [5.74, 6) is -0.277. The van der Waals surface area contributed by atoms with Crippen LogP contribution in [0.1, 0.15) is 34.8 Å².